The summed E-state index contributed by atoms with van der Waals surface area (Å²) in [6.45, 7) is 6.94. The van der Waals surface area contributed by atoms with Crippen molar-refractivity contribution in [3.8, 4) is 0 Å². The Morgan fingerprint density at radius 2 is 2.00 bits per heavy atom. The predicted octanol–water partition coefficient (Wildman–Crippen LogP) is 5.40. The van der Waals surface area contributed by atoms with Gasteiger partial charge in [-0.2, -0.15) is 0 Å². The minimum Gasteiger partial charge on any atom is -0.0952 e. The van der Waals surface area contributed by atoms with Crippen LogP contribution in [0, 0.1) is 17.3 Å². The van der Waals surface area contributed by atoms with Gasteiger partial charge in [0.25, 0.3) is 0 Å². The molecule has 1 aromatic carbocycles. The van der Waals surface area contributed by atoms with E-state index in [0.29, 0.717) is 5.41 Å². The SMILES string of the molecule is C=C1CC2C(CCC3(C)CCCC23)c2ccccc21. The molecule has 0 N–H and O–H groups in total. The summed E-state index contributed by atoms with van der Waals surface area (Å²) in [5, 5.41) is 0. The first-order valence-corrected chi connectivity index (χ1v) is 7.96. The molecule has 100 valence electrons. The Hall–Kier alpha value is -1.04. The second kappa shape index (κ2) is 3.98. The zero-order valence-electron chi connectivity index (χ0n) is 12.0. The Bertz CT molecular complexity index is 527. The van der Waals surface area contributed by atoms with E-state index in [1.54, 1.807) is 5.56 Å². The Balaban J connectivity index is 1.78. The summed E-state index contributed by atoms with van der Waals surface area (Å²) >= 11 is 0. The van der Waals surface area contributed by atoms with Crippen LogP contribution in [-0.4, -0.2) is 0 Å². The molecule has 0 spiro atoms. The van der Waals surface area contributed by atoms with Gasteiger partial charge < -0.3 is 0 Å². The highest BCUT2D eigenvalue weighted by atomic mass is 14.5. The van der Waals surface area contributed by atoms with Crippen LogP contribution in [0.3, 0.4) is 0 Å². The maximum atomic E-state index is 4.38. The summed E-state index contributed by atoms with van der Waals surface area (Å²) in [5.74, 6) is 2.65. The van der Waals surface area contributed by atoms with Crippen molar-refractivity contribution in [1.29, 1.82) is 0 Å². The maximum Gasteiger partial charge on any atom is -0.0121 e. The molecule has 0 heterocycles. The topological polar surface area (TPSA) is 0 Å². The van der Waals surface area contributed by atoms with Crippen LogP contribution in [0.15, 0.2) is 30.8 Å². The molecule has 0 nitrogen and oxygen atoms in total. The van der Waals surface area contributed by atoms with Gasteiger partial charge in [-0.15, -0.1) is 0 Å². The van der Waals surface area contributed by atoms with Crippen LogP contribution in [0.4, 0.5) is 0 Å². The second-order valence-corrected chi connectivity index (χ2v) is 7.36. The lowest BCUT2D eigenvalue weighted by molar-refractivity contribution is 0.0703. The standard InChI is InChI=1S/C19H24/c1-13-12-17-16(15-7-4-3-6-14(13)15)9-11-19(2)10-5-8-18(17)19/h3-4,6-7,16-18H,1,5,8-12H2,2H3. The number of hydrogen-bond acceptors (Lipinski definition) is 0. The average Bonchev–Trinajstić information content (AvgIpc) is 2.81. The quantitative estimate of drug-likeness (QED) is 0.579. The third kappa shape index (κ3) is 1.58. The molecule has 0 aliphatic heterocycles. The lowest BCUT2D eigenvalue weighted by Crippen LogP contribution is -2.39. The molecule has 2 fully saturated rings. The van der Waals surface area contributed by atoms with E-state index in [4.69, 9.17) is 0 Å². The molecular formula is C19H24. The Morgan fingerprint density at radius 1 is 1.16 bits per heavy atom. The highest BCUT2D eigenvalue weighted by molar-refractivity contribution is 5.69. The fourth-order valence-corrected chi connectivity index (χ4v) is 5.49. The molecule has 0 heteroatoms. The predicted molar refractivity (Wildman–Crippen MR) is 81.0 cm³/mol. The van der Waals surface area contributed by atoms with Crippen molar-refractivity contribution in [1.82, 2.24) is 0 Å². The number of allylic oxidation sites excluding steroid dienone is 1. The van der Waals surface area contributed by atoms with Crippen molar-refractivity contribution in [2.24, 2.45) is 17.3 Å². The van der Waals surface area contributed by atoms with Crippen LogP contribution in [-0.2, 0) is 0 Å². The van der Waals surface area contributed by atoms with E-state index >= 15 is 0 Å². The average molecular weight is 252 g/mol. The van der Waals surface area contributed by atoms with Gasteiger partial charge in [0.1, 0.15) is 0 Å². The van der Waals surface area contributed by atoms with Crippen molar-refractivity contribution < 1.29 is 0 Å². The molecule has 4 rings (SSSR count). The van der Waals surface area contributed by atoms with E-state index in [1.807, 2.05) is 0 Å². The summed E-state index contributed by atoms with van der Waals surface area (Å²) in [7, 11) is 0. The first-order chi connectivity index (χ1) is 9.19. The molecular weight excluding hydrogens is 228 g/mol. The molecule has 2 saturated carbocycles. The molecule has 0 amide bonds. The minimum atomic E-state index is 0.647. The zero-order chi connectivity index (χ0) is 13.0. The van der Waals surface area contributed by atoms with E-state index in [1.165, 1.54) is 49.7 Å². The fraction of sp³-hybridized carbons (Fsp3) is 0.579. The third-order valence-electron chi connectivity index (χ3n) is 6.44. The summed E-state index contributed by atoms with van der Waals surface area (Å²) in [6, 6.07) is 9.05. The molecule has 1 aromatic rings. The normalized spacial score (nSPS) is 40.5. The van der Waals surface area contributed by atoms with Gasteiger partial charge in [-0.25, -0.2) is 0 Å². The molecule has 0 bridgehead atoms. The van der Waals surface area contributed by atoms with Crippen LogP contribution in [0.5, 0.6) is 0 Å². The molecule has 3 aliphatic rings. The number of benzene rings is 1. The van der Waals surface area contributed by atoms with Gasteiger partial charge in [0.2, 0.25) is 0 Å². The van der Waals surface area contributed by atoms with E-state index in [0.717, 1.165) is 17.8 Å². The number of hydrogen-bond donors (Lipinski definition) is 0. The van der Waals surface area contributed by atoms with Gasteiger partial charge in [0, 0.05) is 0 Å². The monoisotopic (exact) mass is 252 g/mol. The second-order valence-electron chi connectivity index (χ2n) is 7.36. The Kier molecular flexibility index (Phi) is 2.46. The Labute approximate surface area is 116 Å². The maximum absolute atomic E-state index is 4.38. The van der Waals surface area contributed by atoms with Gasteiger partial charge in [0.05, 0.1) is 0 Å². The van der Waals surface area contributed by atoms with Crippen LogP contribution in [0.25, 0.3) is 5.57 Å². The third-order valence-corrected chi connectivity index (χ3v) is 6.44. The van der Waals surface area contributed by atoms with Crippen molar-refractivity contribution in [3.05, 3.63) is 42.0 Å². The van der Waals surface area contributed by atoms with E-state index in [9.17, 15) is 0 Å². The first-order valence-electron chi connectivity index (χ1n) is 7.96. The highest BCUT2D eigenvalue weighted by Gasteiger charge is 2.50. The first kappa shape index (κ1) is 11.8. The minimum absolute atomic E-state index is 0.647. The summed E-state index contributed by atoms with van der Waals surface area (Å²) in [6.07, 6.45) is 8.49. The highest BCUT2D eigenvalue weighted by Crippen LogP contribution is 2.61. The molecule has 3 aliphatic carbocycles. The molecule has 4 atom stereocenters. The summed E-state index contributed by atoms with van der Waals surface area (Å²) in [5.41, 5.74) is 5.12. The number of rotatable bonds is 0. The summed E-state index contributed by atoms with van der Waals surface area (Å²) < 4.78 is 0. The van der Waals surface area contributed by atoms with Gasteiger partial charge in [-0.3, -0.25) is 0 Å². The molecule has 0 aromatic heterocycles. The lowest BCUT2D eigenvalue weighted by atomic mass is 9.55. The van der Waals surface area contributed by atoms with Gasteiger partial charge >= 0.3 is 0 Å². The van der Waals surface area contributed by atoms with Crippen molar-refractivity contribution in [2.45, 2.75) is 51.4 Å². The smallest absolute Gasteiger partial charge is 0.0121 e. The van der Waals surface area contributed by atoms with Crippen LogP contribution < -0.4 is 0 Å². The van der Waals surface area contributed by atoms with Gasteiger partial charge in [-0.05, 0) is 72.0 Å². The lowest BCUT2D eigenvalue weighted by Gasteiger charge is -2.49. The van der Waals surface area contributed by atoms with Crippen LogP contribution in [0.1, 0.15) is 62.5 Å². The van der Waals surface area contributed by atoms with E-state index in [-0.39, 0.29) is 0 Å². The largest absolute Gasteiger partial charge is 0.0952 e. The zero-order valence-corrected chi connectivity index (χ0v) is 12.0. The van der Waals surface area contributed by atoms with Crippen molar-refractivity contribution in [2.75, 3.05) is 0 Å². The molecule has 0 saturated heterocycles. The van der Waals surface area contributed by atoms with Crippen molar-refractivity contribution >= 4 is 5.57 Å². The van der Waals surface area contributed by atoms with Crippen LogP contribution >= 0.6 is 0 Å². The Morgan fingerprint density at radius 3 is 2.89 bits per heavy atom. The molecule has 4 unspecified atom stereocenters. The fourth-order valence-electron chi connectivity index (χ4n) is 5.49. The van der Waals surface area contributed by atoms with Crippen LogP contribution in [0.2, 0.25) is 0 Å². The van der Waals surface area contributed by atoms with E-state index in [2.05, 4.69) is 37.8 Å². The number of fused-ring (bicyclic) bond motifs is 5. The molecule has 19 heavy (non-hydrogen) atoms. The van der Waals surface area contributed by atoms with E-state index < -0.39 is 0 Å². The van der Waals surface area contributed by atoms with Gasteiger partial charge in [0.15, 0.2) is 0 Å². The molecule has 0 radical (unpaired) electrons. The van der Waals surface area contributed by atoms with Gasteiger partial charge in [-0.1, -0.05) is 44.2 Å². The summed E-state index contributed by atoms with van der Waals surface area (Å²) in [4.78, 5) is 0. The van der Waals surface area contributed by atoms with Crippen molar-refractivity contribution in [3.63, 3.8) is 0 Å².